The molecular formula is C4H4N4O4. The number of aliphatic hydroxyl groups excluding tert-OH is 1. The molecule has 1 aliphatic rings. The van der Waals surface area contributed by atoms with E-state index in [1.807, 2.05) is 10.3 Å². The Morgan fingerprint density at radius 1 is 1.25 bits per heavy atom. The Kier molecular flexibility index (Phi) is 1.06. The standard InChI is InChI=1S/C4H4N4O4/c9-1-5-2(10)8-4(12)6-3(11)7(1)8/h1,9H,(H,5,10)(H,6,11,12)/t1-/m1/s1. The Balaban J connectivity index is 2.87. The quantitative estimate of drug-likeness (QED) is 0.397. The van der Waals surface area contributed by atoms with Crippen molar-refractivity contribution in [3.63, 3.8) is 0 Å². The van der Waals surface area contributed by atoms with Gasteiger partial charge in [0.05, 0.1) is 0 Å². The van der Waals surface area contributed by atoms with Gasteiger partial charge in [-0.15, -0.1) is 4.68 Å². The molecule has 0 fully saturated rings. The van der Waals surface area contributed by atoms with Crippen LogP contribution in [0.4, 0.5) is 4.79 Å². The number of fused-ring (bicyclic) bond motifs is 1. The molecule has 2 heterocycles. The lowest BCUT2D eigenvalue weighted by atomic mass is 10.9. The molecular weight excluding hydrogens is 168 g/mol. The molecule has 1 amide bonds. The van der Waals surface area contributed by atoms with Crippen molar-refractivity contribution in [1.82, 2.24) is 19.7 Å². The van der Waals surface area contributed by atoms with Gasteiger partial charge in [-0.1, -0.05) is 0 Å². The molecule has 2 rings (SSSR count). The number of H-pyrrole nitrogens is 1. The molecule has 12 heavy (non-hydrogen) atoms. The maximum absolute atomic E-state index is 10.8. The van der Waals surface area contributed by atoms with Gasteiger partial charge in [-0.3, -0.25) is 10.3 Å². The van der Waals surface area contributed by atoms with Crippen LogP contribution >= 0.6 is 0 Å². The van der Waals surface area contributed by atoms with Crippen LogP contribution in [0.3, 0.4) is 0 Å². The fourth-order valence-electron chi connectivity index (χ4n) is 1.03. The van der Waals surface area contributed by atoms with Crippen molar-refractivity contribution >= 4 is 6.03 Å². The molecule has 0 bridgehead atoms. The summed E-state index contributed by atoms with van der Waals surface area (Å²) in [5, 5.41) is 11.0. The largest absolute Gasteiger partial charge is 0.355 e. The maximum Gasteiger partial charge on any atom is 0.353 e. The van der Waals surface area contributed by atoms with Crippen LogP contribution in [-0.2, 0) is 0 Å². The number of nitrogens with one attached hydrogen (secondary N) is 2. The summed E-state index contributed by atoms with van der Waals surface area (Å²) in [6.07, 6.45) is -1.47. The van der Waals surface area contributed by atoms with Crippen molar-refractivity contribution in [3.8, 4) is 0 Å². The fraction of sp³-hybridized carbons (Fsp3) is 0.250. The van der Waals surface area contributed by atoms with Gasteiger partial charge in [-0.25, -0.2) is 14.4 Å². The second-order valence-corrected chi connectivity index (χ2v) is 2.21. The number of hydrogen-bond donors (Lipinski definition) is 3. The van der Waals surface area contributed by atoms with E-state index in [1.54, 1.807) is 0 Å². The number of aromatic nitrogens is 3. The first-order chi connectivity index (χ1) is 5.61. The van der Waals surface area contributed by atoms with Crippen LogP contribution in [0.25, 0.3) is 0 Å². The van der Waals surface area contributed by atoms with Gasteiger partial charge in [0.2, 0.25) is 6.35 Å². The minimum Gasteiger partial charge on any atom is -0.355 e. The van der Waals surface area contributed by atoms with E-state index in [0.29, 0.717) is 9.36 Å². The van der Waals surface area contributed by atoms with Crippen LogP contribution < -0.4 is 16.7 Å². The van der Waals surface area contributed by atoms with Crippen LogP contribution in [-0.4, -0.2) is 25.5 Å². The highest BCUT2D eigenvalue weighted by Gasteiger charge is 2.29. The number of hydrogen-bond acceptors (Lipinski definition) is 4. The molecule has 1 aliphatic heterocycles. The average molecular weight is 172 g/mol. The normalized spacial score (nSPS) is 20.8. The van der Waals surface area contributed by atoms with Gasteiger partial charge in [-0.2, -0.15) is 4.68 Å². The first-order valence-corrected chi connectivity index (χ1v) is 3.04. The van der Waals surface area contributed by atoms with E-state index >= 15 is 0 Å². The molecule has 0 saturated carbocycles. The van der Waals surface area contributed by atoms with Gasteiger partial charge in [0, 0.05) is 0 Å². The molecule has 1 atom stereocenters. The summed E-state index contributed by atoms with van der Waals surface area (Å²) in [7, 11) is 0. The Hall–Kier alpha value is -1.83. The van der Waals surface area contributed by atoms with E-state index in [9.17, 15) is 14.4 Å². The molecule has 0 spiro atoms. The molecule has 1 aromatic rings. The predicted octanol–water partition coefficient (Wildman–Crippen LogP) is -2.64. The average Bonchev–Trinajstić information content (AvgIpc) is 2.38. The highest BCUT2D eigenvalue weighted by atomic mass is 16.3. The lowest BCUT2D eigenvalue weighted by Gasteiger charge is -1.98. The van der Waals surface area contributed by atoms with Crippen molar-refractivity contribution in [3.05, 3.63) is 21.0 Å². The number of carbonyl (C=O) groups excluding carboxylic acids is 1. The van der Waals surface area contributed by atoms with Crippen LogP contribution in [0.15, 0.2) is 9.59 Å². The summed E-state index contributed by atoms with van der Waals surface area (Å²) in [6.45, 7) is 0. The number of rotatable bonds is 0. The summed E-state index contributed by atoms with van der Waals surface area (Å²) in [6, 6.07) is -0.828. The van der Waals surface area contributed by atoms with Gasteiger partial charge < -0.3 is 5.11 Å². The number of nitrogens with zero attached hydrogens (tertiary/aromatic N) is 2. The smallest absolute Gasteiger partial charge is 0.353 e. The Morgan fingerprint density at radius 2 is 1.92 bits per heavy atom. The molecule has 1 aromatic heterocycles. The third kappa shape index (κ3) is 0.613. The minimum absolute atomic E-state index is 0.493. The van der Waals surface area contributed by atoms with Gasteiger partial charge in [-0.05, 0) is 0 Å². The van der Waals surface area contributed by atoms with Crippen molar-refractivity contribution in [1.29, 1.82) is 0 Å². The fourth-order valence-corrected chi connectivity index (χ4v) is 1.03. The first-order valence-electron chi connectivity index (χ1n) is 3.04. The topological polar surface area (TPSA) is 109 Å². The molecule has 0 aliphatic carbocycles. The summed E-state index contributed by atoms with van der Waals surface area (Å²) in [5.74, 6) is 0. The van der Waals surface area contributed by atoms with Crippen molar-refractivity contribution in [2.45, 2.75) is 6.35 Å². The summed E-state index contributed by atoms with van der Waals surface area (Å²) in [4.78, 5) is 34.3. The monoisotopic (exact) mass is 172 g/mol. The zero-order valence-electron chi connectivity index (χ0n) is 5.64. The molecule has 8 nitrogen and oxygen atoms in total. The number of carbonyl (C=O) groups is 1. The minimum atomic E-state index is -1.47. The number of aromatic amines is 1. The van der Waals surface area contributed by atoms with Crippen LogP contribution in [0.5, 0.6) is 0 Å². The van der Waals surface area contributed by atoms with Crippen molar-refractivity contribution < 1.29 is 9.90 Å². The van der Waals surface area contributed by atoms with Gasteiger partial charge in [0.25, 0.3) is 0 Å². The highest BCUT2D eigenvalue weighted by molar-refractivity contribution is 5.76. The third-order valence-electron chi connectivity index (χ3n) is 1.51. The summed E-state index contributed by atoms with van der Waals surface area (Å²) < 4.78 is 1.08. The SMILES string of the molecule is O=C1N[C@@H](O)n2c(=O)[nH]c(=O)n21. The Labute approximate surface area is 64.0 Å². The van der Waals surface area contributed by atoms with E-state index in [0.717, 1.165) is 0 Å². The van der Waals surface area contributed by atoms with Gasteiger partial charge in [0.1, 0.15) is 0 Å². The van der Waals surface area contributed by atoms with Crippen LogP contribution in [0.1, 0.15) is 6.35 Å². The maximum atomic E-state index is 10.8. The van der Waals surface area contributed by atoms with Crippen LogP contribution in [0.2, 0.25) is 0 Å². The molecule has 0 aromatic carbocycles. The molecule has 0 radical (unpaired) electrons. The lowest BCUT2D eigenvalue weighted by molar-refractivity contribution is 0.0829. The number of amides is 1. The van der Waals surface area contributed by atoms with Crippen molar-refractivity contribution in [2.24, 2.45) is 0 Å². The highest BCUT2D eigenvalue weighted by Crippen LogP contribution is 1.98. The third-order valence-corrected chi connectivity index (χ3v) is 1.51. The zero-order chi connectivity index (χ0) is 8.88. The molecule has 8 heteroatoms. The summed E-state index contributed by atoms with van der Waals surface area (Å²) >= 11 is 0. The zero-order valence-corrected chi connectivity index (χ0v) is 5.64. The van der Waals surface area contributed by atoms with Crippen molar-refractivity contribution in [2.75, 3.05) is 0 Å². The second-order valence-electron chi connectivity index (χ2n) is 2.21. The number of aliphatic hydroxyl groups is 1. The molecule has 64 valence electrons. The van der Waals surface area contributed by atoms with E-state index in [-0.39, 0.29) is 0 Å². The first kappa shape index (κ1) is 6.85. The predicted molar refractivity (Wildman–Crippen MR) is 34.5 cm³/mol. The van der Waals surface area contributed by atoms with E-state index in [4.69, 9.17) is 5.11 Å². The Bertz CT molecular complexity index is 450. The Morgan fingerprint density at radius 3 is 2.50 bits per heavy atom. The summed E-state index contributed by atoms with van der Waals surface area (Å²) in [5.41, 5.74) is -1.69. The molecule has 0 unspecified atom stereocenters. The van der Waals surface area contributed by atoms with E-state index < -0.39 is 23.8 Å². The van der Waals surface area contributed by atoms with Gasteiger partial charge >= 0.3 is 17.4 Å². The van der Waals surface area contributed by atoms with Gasteiger partial charge in [0.15, 0.2) is 0 Å². The molecule has 3 N–H and O–H groups in total. The molecule has 0 saturated heterocycles. The van der Waals surface area contributed by atoms with Crippen LogP contribution in [0, 0.1) is 0 Å². The van der Waals surface area contributed by atoms with E-state index in [2.05, 4.69) is 0 Å². The van der Waals surface area contributed by atoms with E-state index in [1.165, 1.54) is 0 Å². The second kappa shape index (κ2) is 1.85. The lowest BCUT2D eigenvalue weighted by Crippen LogP contribution is -2.29.